The smallest absolute Gasteiger partial charge is 0.386 e. The van der Waals surface area contributed by atoms with Gasteiger partial charge in [-0.1, -0.05) is 12.1 Å². The van der Waals surface area contributed by atoms with Crippen LogP contribution in [0.2, 0.25) is 0 Å². The fourth-order valence-corrected chi connectivity index (χ4v) is 3.70. The minimum atomic E-state index is -4.44. The van der Waals surface area contributed by atoms with E-state index in [1.54, 1.807) is 4.90 Å². The topological polar surface area (TPSA) is 79.7 Å². The SMILES string of the molecule is OC1(CNc2ncnc(N3CCOC[C@@H]3c3ccc(C(F)(F)F)cc3)c2F)CCOC1. The second kappa shape index (κ2) is 8.56. The lowest BCUT2D eigenvalue weighted by Gasteiger charge is -2.37. The van der Waals surface area contributed by atoms with Crippen molar-refractivity contribution < 1.29 is 32.1 Å². The summed E-state index contributed by atoms with van der Waals surface area (Å²) in [6.45, 7) is 1.44. The molecule has 2 N–H and O–H groups in total. The minimum Gasteiger partial charge on any atom is -0.386 e. The van der Waals surface area contributed by atoms with Crippen molar-refractivity contribution in [1.82, 2.24) is 9.97 Å². The second-order valence-corrected chi connectivity index (χ2v) is 7.64. The Kier molecular flexibility index (Phi) is 6.00. The van der Waals surface area contributed by atoms with Crippen LogP contribution in [0.15, 0.2) is 30.6 Å². The number of nitrogens with zero attached hydrogens (tertiary/aromatic N) is 3. The van der Waals surface area contributed by atoms with Gasteiger partial charge >= 0.3 is 6.18 Å². The van der Waals surface area contributed by atoms with Gasteiger partial charge in [-0.2, -0.15) is 17.6 Å². The summed E-state index contributed by atoms with van der Waals surface area (Å²) in [5.41, 5.74) is -1.30. The molecule has 0 saturated carbocycles. The van der Waals surface area contributed by atoms with Crippen LogP contribution >= 0.6 is 0 Å². The summed E-state index contributed by atoms with van der Waals surface area (Å²) in [6, 6.07) is 4.21. The van der Waals surface area contributed by atoms with E-state index in [-0.39, 0.29) is 31.4 Å². The largest absolute Gasteiger partial charge is 0.416 e. The van der Waals surface area contributed by atoms with Gasteiger partial charge in [-0.25, -0.2) is 9.97 Å². The van der Waals surface area contributed by atoms with E-state index in [0.29, 0.717) is 31.7 Å². The Bertz CT molecular complexity index is 904. The average Bonchev–Trinajstić information content (AvgIpc) is 3.19. The minimum absolute atomic E-state index is 0.0142. The summed E-state index contributed by atoms with van der Waals surface area (Å²) in [4.78, 5) is 9.65. The van der Waals surface area contributed by atoms with E-state index in [4.69, 9.17) is 9.47 Å². The van der Waals surface area contributed by atoms with Crippen molar-refractivity contribution in [3.8, 4) is 0 Å². The molecule has 2 atom stereocenters. The Morgan fingerprint density at radius 2 is 1.94 bits per heavy atom. The third kappa shape index (κ3) is 4.73. The van der Waals surface area contributed by atoms with Crippen molar-refractivity contribution in [2.75, 3.05) is 49.7 Å². The van der Waals surface area contributed by atoms with E-state index in [2.05, 4.69) is 15.3 Å². The number of ether oxygens (including phenoxy) is 2. The molecule has 2 aliphatic rings. The van der Waals surface area contributed by atoms with Crippen LogP contribution < -0.4 is 10.2 Å². The molecule has 0 spiro atoms. The zero-order valence-electron chi connectivity index (χ0n) is 16.5. The van der Waals surface area contributed by atoms with E-state index < -0.39 is 29.2 Å². The molecule has 168 valence electrons. The van der Waals surface area contributed by atoms with Crippen LogP contribution in [0.25, 0.3) is 0 Å². The molecular formula is C20H22F4N4O3. The highest BCUT2D eigenvalue weighted by molar-refractivity contribution is 5.53. The van der Waals surface area contributed by atoms with Crippen molar-refractivity contribution >= 4 is 11.6 Å². The number of rotatable bonds is 5. The monoisotopic (exact) mass is 442 g/mol. The van der Waals surface area contributed by atoms with Crippen molar-refractivity contribution in [1.29, 1.82) is 0 Å². The van der Waals surface area contributed by atoms with Crippen LogP contribution in [0, 0.1) is 5.82 Å². The lowest BCUT2D eigenvalue weighted by Crippen LogP contribution is -2.41. The van der Waals surface area contributed by atoms with Gasteiger partial charge in [0, 0.05) is 26.1 Å². The third-order valence-electron chi connectivity index (χ3n) is 5.46. The van der Waals surface area contributed by atoms with E-state index in [0.717, 1.165) is 12.1 Å². The molecule has 4 rings (SSSR count). The van der Waals surface area contributed by atoms with Gasteiger partial charge in [0.1, 0.15) is 11.9 Å². The van der Waals surface area contributed by atoms with E-state index in [1.165, 1.54) is 18.5 Å². The highest BCUT2D eigenvalue weighted by Gasteiger charge is 2.34. The fraction of sp³-hybridized carbons (Fsp3) is 0.500. The molecule has 1 aromatic carbocycles. The molecule has 2 aliphatic heterocycles. The number of aromatic nitrogens is 2. The summed E-state index contributed by atoms with van der Waals surface area (Å²) in [5, 5.41) is 13.2. The zero-order chi connectivity index (χ0) is 22.1. The number of morpholine rings is 1. The number of hydrogen-bond donors (Lipinski definition) is 2. The number of benzene rings is 1. The molecule has 0 amide bonds. The molecule has 1 unspecified atom stereocenters. The summed E-state index contributed by atoms with van der Waals surface area (Å²) < 4.78 is 64.5. The number of anilines is 2. The van der Waals surface area contributed by atoms with Gasteiger partial charge in [0.2, 0.25) is 5.82 Å². The first kappa shape index (κ1) is 21.7. The van der Waals surface area contributed by atoms with E-state index in [9.17, 15) is 18.3 Å². The maximum absolute atomic E-state index is 15.2. The molecule has 1 aromatic heterocycles. The van der Waals surface area contributed by atoms with Gasteiger partial charge in [-0.15, -0.1) is 0 Å². The van der Waals surface area contributed by atoms with Gasteiger partial charge in [0.25, 0.3) is 0 Å². The van der Waals surface area contributed by atoms with Crippen LogP contribution in [0.1, 0.15) is 23.6 Å². The highest BCUT2D eigenvalue weighted by Crippen LogP contribution is 2.34. The van der Waals surface area contributed by atoms with Crippen molar-refractivity contribution in [3.05, 3.63) is 47.5 Å². The molecule has 0 radical (unpaired) electrons. The fourth-order valence-electron chi connectivity index (χ4n) is 3.70. The maximum atomic E-state index is 15.2. The third-order valence-corrected chi connectivity index (χ3v) is 5.46. The Hall–Kier alpha value is -2.50. The summed E-state index contributed by atoms with van der Waals surface area (Å²) in [7, 11) is 0. The van der Waals surface area contributed by atoms with Gasteiger partial charge in [-0.05, 0) is 17.7 Å². The lowest BCUT2D eigenvalue weighted by atomic mass is 10.0. The molecule has 31 heavy (non-hydrogen) atoms. The first-order valence-corrected chi connectivity index (χ1v) is 9.83. The Morgan fingerprint density at radius 1 is 1.16 bits per heavy atom. The predicted octanol–water partition coefficient (Wildman–Crippen LogP) is 2.78. The summed E-state index contributed by atoms with van der Waals surface area (Å²) in [6.07, 6.45) is -2.80. The van der Waals surface area contributed by atoms with E-state index >= 15 is 4.39 Å². The van der Waals surface area contributed by atoms with Crippen molar-refractivity contribution in [2.24, 2.45) is 0 Å². The number of alkyl halides is 3. The van der Waals surface area contributed by atoms with Gasteiger partial charge in [0.15, 0.2) is 11.6 Å². The standard InChI is InChI=1S/C20H22F4N4O3/c21-16-17(25-10-19(29)5-7-31-11-19)26-12-27-18(16)28-6-8-30-9-15(28)13-1-3-14(4-2-13)20(22,23)24/h1-4,12,15,29H,5-11H2,(H,25,26,27)/t15-,19?/m1/s1. The van der Waals surface area contributed by atoms with Crippen LogP contribution in [0.3, 0.4) is 0 Å². The van der Waals surface area contributed by atoms with Gasteiger partial charge < -0.3 is 24.8 Å². The Balaban J connectivity index is 1.56. The van der Waals surface area contributed by atoms with Gasteiger partial charge in [0.05, 0.1) is 31.4 Å². The number of hydrogen-bond acceptors (Lipinski definition) is 7. The quantitative estimate of drug-likeness (QED) is 0.690. The second-order valence-electron chi connectivity index (χ2n) is 7.64. The number of nitrogens with one attached hydrogen (secondary N) is 1. The lowest BCUT2D eigenvalue weighted by molar-refractivity contribution is -0.137. The molecule has 2 saturated heterocycles. The molecule has 3 heterocycles. The maximum Gasteiger partial charge on any atom is 0.416 e. The predicted molar refractivity (Wildman–Crippen MR) is 103 cm³/mol. The van der Waals surface area contributed by atoms with Crippen molar-refractivity contribution in [3.63, 3.8) is 0 Å². The average molecular weight is 442 g/mol. The Morgan fingerprint density at radius 3 is 2.61 bits per heavy atom. The van der Waals surface area contributed by atoms with Crippen LogP contribution in [0.4, 0.5) is 29.2 Å². The van der Waals surface area contributed by atoms with Crippen LogP contribution in [-0.4, -0.2) is 60.2 Å². The normalized spacial score (nSPS) is 24.4. The molecule has 7 nitrogen and oxygen atoms in total. The van der Waals surface area contributed by atoms with Crippen LogP contribution in [-0.2, 0) is 15.7 Å². The molecule has 0 bridgehead atoms. The number of aliphatic hydroxyl groups is 1. The zero-order valence-corrected chi connectivity index (χ0v) is 16.5. The summed E-state index contributed by atoms with van der Waals surface area (Å²) in [5.74, 6) is -0.757. The summed E-state index contributed by atoms with van der Waals surface area (Å²) >= 11 is 0. The highest BCUT2D eigenvalue weighted by atomic mass is 19.4. The molecule has 2 aromatic rings. The molecule has 11 heteroatoms. The molecule has 2 fully saturated rings. The Labute approximate surface area is 176 Å². The van der Waals surface area contributed by atoms with Crippen LogP contribution in [0.5, 0.6) is 0 Å². The first-order valence-electron chi connectivity index (χ1n) is 9.83. The van der Waals surface area contributed by atoms with Gasteiger partial charge in [-0.3, -0.25) is 0 Å². The molecule has 0 aliphatic carbocycles. The molecular weight excluding hydrogens is 420 g/mol. The first-order chi connectivity index (χ1) is 14.8. The number of halogens is 4. The van der Waals surface area contributed by atoms with E-state index in [1.807, 2.05) is 0 Å². The van der Waals surface area contributed by atoms with Crippen molar-refractivity contribution in [2.45, 2.75) is 24.2 Å².